The van der Waals surface area contributed by atoms with Gasteiger partial charge in [-0.3, -0.25) is 10.1 Å². The highest BCUT2D eigenvalue weighted by atomic mass is 16.1. The summed E-state index contributed by atoms with van der Waals surface area (Å²) in [6, 6.07) is 10.1. The molecule has 0 saturated heterocycles. The van der Waals surface area contributed by atoms with Crippen molar-refractivity contribution in [1.82, 2.24) is 10.2 Å². The van der Waals surface area contributed by atoms with Crippen LogP contribution in [-0.4, -0.2) is 37.0 Å². The molecule has 1 amide bonds. The van der Waals surface area contributed by atoms with Gasteiger partial charge >= 0.3 is 0 Å². The topological polar surface area (TPSA) is 58.4 Å². The van der Waals surface area contributed by atoms with Gasteiger partial charge in [-0.1, -0.05) is 44.2 Å². The summed E-state index contributed by atoms with van der Waals surface area (Å²) in [5, 5.41) is 3.31. The lowest BCUT2D eigenvalue weighted by atomic mass is 9.87. The van der Waals surface area contributed by atoms with Gasteiger partial charge in [-0.25, -0.2) is 0 Å². The van der Waals surface area contributed by atoms with Crippen LogP contribution in [0.3, 0.4) is 0 Å². The first-order chi connectivity index (χ1) is 9.47. The highest BCUT2D eigenvalue weighted by Gasteiger charge is 2.39. The van der Waals surface area contributed by atoms with Crippen molar-refractivity contribution in [3.05, 3.63) is 35.9 Å². The highest BCUT2D eigenvalue weighted by molar-refractivity contribution is 5.86. The van der Waals surface area contributed by atoms with E-state index in [9.17, 15) is 4.79 Å². The van der Waals surface area contributed by atoms with Crippen LogP contribution in [0.25, 0.3) is 0 Å². The van der Waals surface area contributed by atoms with Gasteiger partial charge in [0.05, 0.1) is 0 Å². The molecule has 0 fully saturated rings. The van der Waals surface area contributed by atoms with E-state index < -0.39 is 5.54 Å². The van der Waals surface area contributed by atoms with Gasteiger partial charge in [0.25, 0.3) is 0 Å². The zero-order valence-corrected chi connectivity index (χ0v) is 13.0. The van der Waals surface area contributed by atoms with Crippen molar-refractivity contribution in [2.24, 2.45) is 5.73 Å². The maximum atomic E-state index is 12.2. The fourth-order valence-electron chi connectivity index (χ4n) is 2.42. The molecule has 0 spiro atoms. The molecule has 4 nitrogen and oxygen atoms in total. The molecule has 3 N–H and O–H groups in total. The Bertz CT molecular complexity index is 421. The zero-order chi connectivity index (χ0) is 15.2. The average molecular weight is 277 g/mol. The second-order valence-electron chi connectivity index (χ2n) is 5.34. The molecule has 1 aromatic rings. The lowest BCUT2D eigenvalue weighted by Crippen LogP contribution is -2.59. The third-order valence-corrected chi connectivity index (χ3v) is 4.00. The minimum absolute atomic E-state index is 0.333. The Balaban J connectivity index is 3.16. The monoisotopic (exact) mass is 277 g/mol. The lowest BCUT2D eigenvalue weighted by Gasteiger charge is -2.37. The van der Waals surface area contributed by atoms with Crippen LogP contribution in [0, 0.1) is 0 Å². The van der Waals surface area contributed by atoms with Gasteiger partial charge in [-0.05, 0) is 32.5 Å². The van der Waals surface area contributed by atoms with E-state index in [1.807, 2.05) is 44.3 Å². The summed E-state index contributed by atoms with van der Waals surface area (Å²) in [6.07, 6.45) is 1.03. The first kappa shape index (κ1) is 16.7. The first-order valence-corrected chi connectivity index (χ1v) is 7.28. The molecule has 2 atom stereocenters. The second kappa shape index (κ2) is 7.41. The minimum atomic E-state index is -0.839. The molecule has 0 radical (unpaired) electrons. The summed E-state index contributed by atoms with van der Waals surface area (Å²) < 4.78 is 0. The van der Waals surface area contributed by atoms with Crippen LogP contribution in [-0.2, 0) is 10.3 Å². The molecule has 0 bridgehead atoms. The Hall–Kier alpha value is -1.39. The zero-order valence-electron chi connectivity index (χ0n) is 13.0. The van der Waals surface area contributed by atoms with Crippen LogP contribution in [0.15, 0.2) is 30.3 Å². The number of likely N-dealkylation sites (N-methyl/N-ethyl adjacent to an activating group) is 2. The predicted octanol–water partition coefficient (Wildman–Crippen LogP) is 1.71. The summed E-state index contributed by atoms with van der Waals surface area (Å²) in [5.41, 5.74) is 5.83. The standard InChI is InChI=1S/C16H27N3O/c1-5-13(3)19(4)12-16(15(17)20,18-6-2)14-10-8-7-9-11-14/h7-11,13,18H,5-6,12H2,1-4H3,(H2,17,20). The molecule has 2 unspecified atom stereocenters. The number of hydrogen-bond donors (Lipinski definition) is 2. The van der Waals surface area contributed by atoms with E-state index in [0.29, 0.717) is 19.1 Å². The number of hydrogen-bond acceptors (Lipinski definition) is 3. The van der Waals surface area contributed by atoms with Gasteiger partial charge in [0, 0.05) is 12.6 Å². The summed E-state index contributed by atoms with van der Waals surface area (Å²) in [6.45, 7) is 7.54. The highest BCUT2D eigenvalue weighted by Crippen LogP contribution is 2.23. The summed E-state index contributed by atoms with van der Waals surface area (Å²) in [5.74, 6) is -0.333. The van der Waals surface area contributed by atoms with E-state index in [1.54, 1.807) is 0 Å². The number of nitrogens with one attached hydrogen (secondary N) is 1. The van der Waals surface area contributed by atoms with E-state index in [1.165, 1.54) is 0 Å². The molecule has 4 heteroatoms. The Kier molecular flexibility index (Phi) is 6.17. The van der Waals surface area contributed by atoms with Crippen LogP contribution in [0.5, 0.6) is 0 Å². The number of rotatable bonds is 8. The molecule has 112 valence electrons. The van der Waals surface area contributed by atoms with Gasteiger partial charge in [0.1, 0.15) is 5.54 Å². The normalized spacial score (nSPS) is 15.8. The molecule has 0 aliphatic carbocycles. The molecule has 0 saturated carbocycles. The second-order valence-corrected chi connectivity index (χ2v) is 5.34. The van der Waals surface area contributed by atoms with Gasteiger partial charge < -0.3 is 10.6 Å². The molecule has 0 aliphatic rings. The average Bonchev–Trinajstić information content (AvgIpc) is 2.46. The Labute approximate surface area is 122 Å². The fraction of sp³-hybridized carbons (Fsp3) is 0.562. The smallest absolute Gasteiger partial charge is 0.243 e. The van der Waals surface area contributed by atoms with E-state index in [2.05, 4.69) is 24.1 Å². The molecule has 1 rings (SSSR count). The minimum Gasteiger partial charge on any atom is -0.368 e. The van der Waals surface area contributed by atoms with Crippen molar-refractivity contribution >= 4 is 5.91 Å². The molecular weight excluding hydrogens is 250 g/mol. The molecule has 0 aromatic heterocycles. The van der Waals surface area contributed by atoms with Gasteiger partial charge in [0.2, 0.25) is 5.91 Å². The quantitative estimate of drug-likeness (QED) is 0.760. The van der Waals surface area contributed by atoms with Crippen molar-refractivity contribution in [2.75, 3.05) is 20.1 Å². The molecule has 1 aromatic carbocycles. The number of nitrogens with zero attached hydrogens (tertiary/aromatic N) is 1. The van der Waals surface area contributed by atoms with Crippen molar-refractivity contribution < 1.29 is 4.79 Å². The largest absolute Gasteiger partial charge is 0.368 e. The van der Waals surface area contributed by atoms with Crippen LogP contribution < -0.4 is 11.1 Å². The number of carbonyl (C=O) groups is 1. The van der Waals surface area contributed by atoms with Crippen molar-refractivity contribution in [1.29, 1.82) is 0 Å². The third kappa shape index (κ3) is 3.58. The summed E-state index contributed by atoms with van der Waals surface area (Å²) in [4.78, 5) is 14.4. The first-order valence-electron chi connectivity index (χ1n) is 7.28. The maximum absolute atomic E-state index is 12.2. The van der Waals surface area contributed by atoms with Crippen LogP contribution in [0.4, 0.5) is 0 Å². The van der Waals surface area contributed by atoms with E-state index in [-0.39, 0.29) is 5.91 Å². The summed E-state index contributed by atoms with van der Waals surface area (Å²) >= 11 is 0. The van der Waals surface area contributed by atoms with Crippen molar-refractivity contribution in [3.63, 3.8) is 0 Å². The van der Waals surface area contributed by atoms with Crippen LogP contribution in [0.2, 0.25) is 0 Å². The number of benzene rings is 1. The Morgan fingerprint density at radius 2 is 1.95 bits per heavy atom. The van der Waals surface area contributed by atoms with Crippen LogP contribution >= 0.6 is 0 Å². The summed E-state index contributed by atoms with van der Waals surface area (Å²) in [7, 11) is 2.03. The number of carbonyl (C=O) groups excluding carboxylic acids is 1. The number of amides is 1. The Morgan fingerprint density at radius 1 is 1.35 bits per heavy atom. The fourth-order valence-corrected chi connectivity index (χ4v) is 2.42. The van der Waals surface area contributed by atoms with E-state index in [4.69, 9.17) is 5.73 Å². The van der Waals surface area contributed by atoms with Gasteiger partial charge in [-0.15, -0.1) is 0 Å². The van der Waals surface area contributed by atoms with Gasteiger partial charge in [0.15, 0.2) is 0 Å². The van der Waals surface area contributed by atoms with Gasteiger partial charge in [-0.2, -0.15) is 0 Å². The number of primary amides is 1. The SMILES string of the molecule is CCNC(CN(C)C(C)CC)(C(N)=O)c1ccccc1. The van der Waals surface area contributed by atoms with Crippen molar-refractivity contribution in [3.8, 4) is 0 Å². The van der Waals surface area contributed by atoms with E-state index in [0.717, 1.165) is 12.0 Å². The Morgan fingerprint density at radius 3 is 2.40 bits per heavy atom. The predicted molar refractivity (Wildman–Crippen MR) is 83.4 cm³/mol. The molecule has 20 heavy (non-hydrogen) atoms. The molecular formula is C16H27N3O. The third-order valence-electron chi connectivity index (χ3n) is 4.00. The lowest BCUT2D eigenvalue weighted by molar-refractivity contribution is -0.125. The van der Waals surface area contributed by atoms with Crippen LogP contribution in [0.1, 0.15) is 32.8 Å². The maximum Gasteiger partial charge on any atom is 0.243 e. The van der Waals surface area contributed by atoms with E-state index >= 15 is 0 Å². The molecule has 0 heterocycles. The number of nitrogens with two attached hydrogens (primary N) is 1. The van der Waals surface area contributed by atoms with Crippen molar-refractivity contribution in [2.45, 2.75) is 38.8 Å². The molecule has 0 aliphatic heterocycles.